The molecule has 1 aromatic carbocycles. The minimum absolute atomic E-state index is 0.0760. The summed E-state index contributed by atoms with van der Waals surface area (Å²) >= 11 is 0. The monoisotopic (exact) mass is 331 g/mol. The molecule has 1 amide bonds. The number of benzene rings is 1. The topological polar surface area (TPSA) is 69.6 Å². The van der Waals surface area contributed by atoms with E-state index in [9.17, 15) is 28.2 Å². The number of aliphatic hydroxyl groups is 2. The second-order valence-electron chi connectivity index (χ2n) is 6.06. The lowest BCUT2D eigenvalue weighted by atomic mass is 9.82. The molecule has 1 aliphatic carbocycles. The molecule has 1 saturated carbocycles. The van der Waals surface area contributed by atoms with Gasteiger partial charge in [-0.15, -0.1) is 0 Å². The van der Waals surface area contributed by atoms with Gasteiger partial charge in [0.05, 0.1) is 24.7 Å². The summed E-state index contributed by atoms with van der Waals surface area (Å²) in [4.78, 5) is 12.1. The summed E-state index contributed by atoms with van der Waals surface area (Å²) in [6, 6.07) is 0.392. The molecule has 2 rings (SSSR count). The van der Waals surface area contributed by atoms with Gasteiger partial charge in [0.15, 0.2) is 17.5 Å². The molecule has 1 atom stereocenters. The summed E-state index contributed by atoms with van der Waals surface area (Å²) in [5, 5.41) is 22.1. The Bertz CT molecular complexity index is 551. The maximum absolute atomic E-state index is 13.3. The molecule has 1 aromatic rings. The van der Waals surface area contributed by atoms with Crippen LogP contribution in [-0.2, 0) is 4.79 Å². The van der Waals surface area contributed by atoms with E-state index < -0.39 is 41.6 Å². The van der Waals surface area contributed by atoms with Crippen molar-refractivity contribution in [2.45, 2.75) is 50.2 Å². The number of halogens is 3. The van der Waals surface area contributed by atoms with Crippen molar-refractivity contribution in [2.24, 2.45) is 0 Å². The SMILES string of the molecule is O=C(CC1(O)CCCCC1)NC(CO)c1cc(F)c(F)c(F)c1. The van der Waals surface area contributed by atoms with E-state index in [1.54, 1.807) is 0 Å². The van der Waals surface area contributed by atoms with Gasteiger partial charge in [0, 0.05) is 0 Å². The normalized spacial score (nSPS) is 18.5. The van der Waals surface area contributed by atoms with Gasteiger partial charge in [-0.1, -0.05) is 19.3 Å². The predicted molar refractivity (Wildman–Crippen MR) is 76.9 cm³/mol. The van der Waals surface area contributed by atoms with E-state index in [1.807, 2.05) is 0 Å². The van der Waals surface area contributed by atoms with Crippen molar-refractivity contribution in [2.75, 3.05) is 6.61 Å². The number of rotatable bonds is 5. The van der Waals surface area contributed by atoms with Crippen LogP contribution in [0.4, 0.5) is 13.2 Å². The van der Waals surface area contributed by atoms with Gasteiger partial charge in [0.1, 0.15) is 0 Å². The van der Waals surface area contributed by atoms with Crippen molar-refractivity contribution in [3.63, 3.8) is 0 Å². The van der Waals surface area contributed by atoms with Crippen LogP contribution in [0, 0.1) is 17.5 Å². The molecule has 3 N–H and O–H groups in total. The second-order valence-corrected chi connectivity index (χ2v) is 6.06. The molecule has 4 nitrogen and oxygen atoms in total. The largest absolute Gasteiger partial charge is 0.394 e. The van der Waals surface area contributed by atoms with Crippen LogP contribution < -0.4 is 5.32 Å². The Labute approximate surface area is 132 Å². The van der Waals surface area contributed by atoms with Gasteiger partial charge in [0.2, 0.25) is 5.91 Å². The summed E-state index contributed by atoms with van der Waals surface area (Å²) in [6.07, 6.45) is 3.57. The Kier molecular flexibility index (Phi) is 5.64. The Morgan fingerprint density at radius 3 is 2.26 bits per heavy atom. The van der Waals surface area contributed by atoms with E-state index in [-0.39, 0.29) is 12.0 Å². The highest BCUT2D eigenvalue weighted by Crippen LogP contribution is 2.31. The zero-order valence-electron chi connectivity index (χ0n) is 12.6. The molecule has 7 heteroatoms. The van der Waals surface area contributed by atoms with Crippen LogP contribution in [0.25, 0.3) is 0 Å². The highest BCUT2D eigenvalue weighted by atomic mass is 19.2. The van der Waals surface area contributed by atoms with E-state index in [0.717, 1.165) is 31.4 Å². The number of aliphatic hydroxyl groups excluding tert-OH is 1. The number of nitrogens with one attached hydrogen (secondary N) is 1. The molecule has 0 saturated heterocycles. The van der Waals surface area contributed by atoms with Gasteiger partial charge in [0.25, 0.3) is 0 Å². The Balaban J connectivity index is 2.05. The first kappa shape index (κ1) is 17.7. The lowest BCUT2D eigenvalue weighted by Crippen LogP contribution is -2.40. The third-order valence-corrected chi connectivity index (χ3v) is 4.20. The van der Waals surface area contributed by atoms with Crippen molar-refractivity contribution in [1.82, 2.24) is 5.32 Å². The minimum atomic E-state index is -1.60. The third-order valence-electron chi connectivity index (χ3n) is 4.20. The Hall–Kier alpha value is -1.60. The van der Waals surface area contributed by atoms with Gasteiger partial charge in [-0.3, -0.25) is 4.79 Å². The van der Waals surface area contributed by atoms with Crippen molar-refractivity contribution >= 4 is 5.91 Å². The number of hydrogen-bond acceptors (Lipinski definition) is 3. The molecule has 1 unspecified atom stereocenters. The fourth-order valence-corrected chi connectivity index (χ4v) is 2.94. The van der Waals surface area contributed by atoms with Crippen LogP contribution >= 0.6 is 0 Å². The van der Waals surface area contributed by atoms with Crippen molar-refractivity contribution < 1.29 is 28.2 Å². The lowest BCUT2D eigenvalue weighted by Gasteiger charge is -2.32. The zero-order chi connectivity index (χ0) is 17.0. The smallest absolute Gasteiger partial charge is 0.223 e. The van der Waals surface area contributed by atoms with Gasteiger partial charge in [-0.25, -0.2) is 13.2 Å². The zero-order valence-corrected chi connectivity index (χ0v) is 12.6. The molecular formula is C16H20F3NO3. The molecule has 1 fully saturated rings. The molecule has 1 aliphatic rings. The molecule has 0 aromatic heterocycles. The molecule has 0 radical (unpaired) electrons. The molecule has 0 heterocycles. The van der Waals surface area contributed by atoms with Gasteiger partial charge in [-0.05, 0) is 30.5 Å². The van der Waals surface area contributed by atoms with Crippen LogP contribution in [0.1, 0.15) is 50.1 Å². The average Bonchev–Trinajstić information content (AvgIpc) is 2.50. The van der Waals surface area contributed by atoms with Crippen molar-refractivity contribution in [3.05, 3.63) is 35.1 Å². The average molecular weight is 331 g/mol. The summed E-state index contributed by atoms with van der Waals surface area (Å²) in [6.45, 7) is -0.602. The summed E-state index contributed by atoms with van der Waals surface area (Å²) < 4.78 is 39.5. The van der Waals surface area contributed by atoms with E-state index in [0.29, 0.717) is 12.8 Å². The van der Waals surface area contributed by atoms with E-state index in [4.69, 9.17) is 0 Å². The number of amides is 1. The first-order valence-electron chi connectivity index (χ1n) is 7.62. The fraction of sp³-hybridized carbons (Fsp3) is 0.562. The molecule has 0 bridgehead atoms. The Morgan fingerprint density at radius 2 is 1.74 bits per heavy atom. The summed E-state index contributed by atoms with van der Waals surface area (Å²) in [7, 11) is 0. The molecule has 0 aliphatic heterocycles. The van der Waals surface area contributed by atoms with Crippen LogP contribution in [0.2, 0.25) is 0 Å². The number of carbonyl (C=O) groups is 1. The maximum atomic E-state index is 13.3. The number of hydrogen-bond donors (Lipinski definition) is 3. The van der Waals surface area contributed by atoms with Gasteiger partial charge >= 0.3 is 0 Å². The van der Waals surface area contributed by atoms with Crippen molar-refractivity contribution in [3.8, 4) is 0 Å². The van der Waals surface area contributed by atoms with Crippen LogP contribution in [-0.4, -0.2) is 28.3 Å². The minimum Gasteiger partial charge on any atom is -0.394 e. The summed E-state index contributed by atoms with van der Waals surface area (Å²) in [5.74, 6) is -4.91. The van der Waals surface area contributed by atoms with Crippen LogP contribution in [0.15, 0.2) is 12.1 Å². The Morgan fingerprint density at radius 1 is 1.17 bits per heavy atom. The highest BCUT2D eigenvalue weighted by Gasteiger charge is 2.32. The lowest BCUT2D eigenvalue weighted by molar-refractivity contribution is -0.128. The van der Waals surface area contributed by atoms with Gasteiger partial charge < -0.3 is 15.5 Å². The highest BCUT2D eigenvalue weighted by molar-refractivity contribution is 5.77. The van der Waals surface area contributed by atoms with E-state index >= 15 is 0 Å². The first-order chi connectivity index (χ1) is 10.8. The quantitative estimate of drug-likeness (QED) is 0.726. The third kappa shape index (κ3) is 4.45. The van der Waals surface area contributed by atoms with Crippen LogP contribution in [0.5, 0.6) is 0 Å². The fourth-order valence-electron chi connectivity index (χ4n) is 2.94. The standard InChI is InChI=1S/C16H20F3NO3/c17-11-6-10(7-12(18)15(11)19)13(9-21)20-14(22)8-16(23)4-2-1-3-5-16/h6-7,13,21,23H,1-5,8-9H2,(H,20,22). The summed E-state index contributed by atoms with van der Waals surface area (Å²) in [5.41, 5.74) is -1.16. The van der Waals surface area contributed by atoms with Crippen molar-refractivity contribution in [1.29, 1.82) is 0 Å². The maximum Gasteiger partial charge on any atom is 0.223 e. The molecule has 0 spiro atoms. The van der Waals surface area contributed by atoms with E-state index in [2.05, 4.69) is 5.32 Å². The second kappa shape index (κ2) is 7.31. The van der Waals surface area contributed by atoms with Crippen LogP contribution in [0.3, 0.4) is 0 Å². The predicted octanol–water partition coefficient (Wildman–Crippen LogP) is 2.34. The number of carbonyl (C=O) groups excluding carboxylic acids is 1. The molecule has 128 valence electrons. The first-order valence-corrected chi connectivity index (χ1v) is 7.62. The molecule has 23 heavy (non-hydrogen) atoms. The van der Waals surface area contributed by atoms with Gasteiger partial charge in [-0.2, -0.15) is 0 Å². The molecular weight excluding hydrogens is 311 g/mol. The van der Waals surface area contributed by atoms with E-state index in [1.165, 1.54) is 0 Å².